The molecule has 4 aromatic carbocycles. The van der Waals surface area contributed by atoms with E-state index < -0.39 is 11.9 Å². The van der Waals surface area contributed by atoms with Crippen molar-refractivity contribution in [2.45, 2.75) is 13.8 Å². The van der Waals surface area contributed by atoms with Crippen LogP contribution in [0.5, 0.6) is 23.0 Å². The second-order valence-electron chi connectivity index (χ2n) is 7.30. The number of esters is 2. The molecule has 0 aromatic heterocycles. The average molecular weight is 456 g/mol. The van der Waals surface area contributed by atoms with E-state index in [4.69, 9.17) is 18.9 Å². The molecule has 0 spiro atoms. The highest BCUT2D eigenvalue weighted by atomic mass is 16.5. The number of hydrogen-bond donors (Lipinski definition) is 0. The van der Waals surface area contributed by atoms with Gasteiger partial charge in [-0.1, -0.05) is 24.3 Å². The number of carbonyl (C=O) groups is 2. The first-order valence-corrected chi connectivity index (χ1v) is 11.0. The zero-order valence-electron chi connectivity index (χ0n) is 18.9. The Morgan fingerprint density at radius 3 is 1.29 bits per heavy atom. The topological polar surface area (TPSA) is 71.1 Å². The van der Waals surface area contributed by atoms with Crippen LogP contribution in [-0.2, 0) is 0 Å². The summed E-state index contributed by atoms with van der Waals surface area (Å²) >= 11 is 0. The van der Waals surface area contributed by atoms with Gasteiger partial charge in [0, 0.05) is 10.8 Å². The molecule has 6 nitrogen and oxygen atoms in total. The molecule has 34 heavy (non-hydrogen) atoms. The molecule has 0 heterocycles. The third kappa shape index (κ3) is 5.18. The van der Waals surface area contributed by atoms with Gasteiger partial charge in [-0.2, -0.15) is 0 Å². The number of benzene rings is 4. The van der Waals surface area contributed by atoms with Gasteiger partial charge in [-0.3, -0.25) is 0 Å². The lowest BCUT2D eigenvalue weighted by Crippen LogP contribution is -2.10. The summed E-state index contributed by atoms with van der Waals surface area (Å²) in [5, 5.41) is 1.30. The van der Waals surface area contributed by atoms with E-state index in [0.717, 1.165) is 0 Å². The average Bonchev–Trinajstić information content (AvgIpc) is 2.86. The summed E-state index contributed by atoms with van der Waals surface area (Å²) in [5.41, 5.74) is 0.803. The normalized spacial score (nSPS) is 10.5. The van der Waals surface area contributed by atoms with Crippen molar-refractivity contribution in [1.29, 1.82) is 0 Å². The summed E-state index contributed by atoms with van der Waals surface area (Å²) < 4.78 is 22.1. The smallest absolute Gasteiger partial charge is 0.343 e. The fourth-order valence-electron chi connectivity index (χ4n) is 3.46. The molecular formula is C28H24O6. The minimum Gasteiger partial charge on any atom is -0.494 e. The molecule has 6 heteroatoms. The number of carbonyl (C=O) groups excluding carboxylic acids is 2. The van der Waals surface area contributed by atoms with Gasteiger partial charge in [0.1, 0.15) is 23.0 Å². The van der Waals surface area contributed by atoms with Crippen molar-refractivity contribution >= 4 is 22.7 Å². The molecule has 0 aliphatic rings. The van der Waals surface area contributed by atoms with E-state index in [9.17, 15) is 9.59 Å². The van der Waals surface area contributed by atoms with Gasteiger partial charge in [-0.15, -0.1) is 0 Å². The Morgan fingerprint density at radius 2 is 0.941 bits per heavy atom. The predicted molar refractivity (Wildman–Crippen MR) is 129 cm³/mol. The van der Waals surface area contributed by atoms with Crippen molar-refractivity contribution in [3.05, 3.63) is 96.1 Å². The van der Waals surface area contributed by atoms with E-state index in [1.165, 1.54) is 0 Å². The summed E-state index contributed by atoms with van der Waals surface area (Å²) in [6.07, 6.45) is 0. The fourth-order valence-corrected chi connectivity index (χ4v) is 3.46. The quantitative estimate of drug-likeness (QED) is 0.237. The Morgan fingerprint density at radius 1 is 0.559 bits per heavy atom. The molecule has 0 aliphatic heterocycles. The van der Waals surface area contributed by atoms with Gasteiger partial charge in [-0.25, -0.2) is 9.59 Å². The van der Waals surface area contributed by atoms with E-state index >= 15 is 0 Å². The summed E-state index contributed by atoms with van der Waals surface area (Å²) in [6.45, 7) is 4.88. The molecular weight excluding hydrogens is 432 g/mol. The Balaban J connectivity index is 1.54. The summed E-state index contributed by atoms with van der Waals surface area (Å²) in [4.78, 5) is 25.4. The maximum Gasteiger partial charge on any atom is 0.343 e. The van der Waals surface area contributed by atoms with Crippen LogP contribution in [0.4, 0.5) is 0 Å². The van der Waals surface area contributed by atoms with Gasteiger partial charge < -0.3 is 18.9 Å². The first-order valence-electron chi connectivity index (χ1n) is 11.0. The van der Waals surface area contributed by atoms with Crippen molar-refractivity contribution in [2.75, 3.05) is 13.2 Å². The third-order valence-electron chi connectivity index (χ3n) is 5.05. The van der Waals surface area contributed by atoms with Crippen LogP contribution in [0.2, 0.25) is 0 Å². The maximum absolute atomic E-state index is 12.7. The van der Waals surface area contributed by atoms with Gasteiger partial charge in [0.05, 0.1) is 24.3 Å². The van der Waals surface area contributed by atoms with Gasteiger partial charge in [0.25, 0.3) is 0 Å². The van der Waals surface area contributed by atoms with Crippen molar-refractivity contribution in [3.63, 3.8) is 0 Å². The second kappa shape index (κ2) is 10.5. The minimum absolute atomic E-state index is 0.371. The highest BCUT2D eigenvalue weighted by Gasteiger charge is 2.15. The fraction of sp³-hybridized carbons (Fsp3) is 0.143. The summed E-state index contributed by atoms with van der Waals surface area (Å²) in [7, 11) is 0. The third-order valence-corrected chi connectivity index (χ3v) is 5.05. The number of ether oxygens (including phenoxy) is 4. The van der Waals surface area contributed by atoms with Crippen LogP contribution >= 0.6 is 0 Å². The minimum atomic E-state index is -0.493. The van der Waals surface area contributed by atoms with E-state index in [2.05, 4.69) is 0 Å². The van der Waals surface area contributed by atoms with E-state index in [0.29, 0.717) is 58.1 Å². The Hall–Kier alpha value is -4.32. The van der Waals surface area contributed by atoms with Crippen molar-refractivity contribution in [1.82, 2.24) is 0 Å². The molecule has 0 bridgehead atoms. The maximum atomic E-state index is 12.7. The molecule has 0 saturated heterocycles. The van der Waals surface area contributed by atoms with Gasteiger partial charge in [0.2, 0.25) is 0 Å². The van der Waals surface area contributed by atoms with Crippen LogP contribution in [0.25, 0.3) is 10.8 Å². The van der Waals surface area contributed by atoms with Gasteiger partial charge in [0.15, 0.2) is 0 Å². The summed E-state index contributed by atoms with van der Waals surface area (Å²) in [6, 6.07) is 24.0. The molecule has 172 valence electrons. The molecule has 4 rings (SSSR count). The molecule has 0 atom stereocenters. The van der Waals surface area contributed by atoms with E-state index in [1.807, 2.05) is 26.0 Å². The molecule has 0 radical (unpaired) electrons. The lowest BCUT2D eigenvalue weighted by molar-refractivity contribution is 0.0725. The lowest BCUT2D eigenvalue weighted by Gasteiger charge is -2.12. The SMILES string of the molecule is CCOc1ccc(C(=O)Oc2cccc3c(OC(=O)c4ccc(OCC)cc4)cccc23)cc1. The molecule has 0 aliphatic carbocycles. The monoisotopic (exact) mass is 456 g/mol. The van der Waals surface area contributed by atoms with Gasteiger partial charge >= 0.3 is 11.9 Å². The zero-order chi connectivity index (χ0) is 23.9. The first kappa shape index (κ1) is 22.9. The van der Waals surface area contributed by atoms with Crippen molar-refractivity contribution < 1.29 is 28.5 Å². The van der Waals surface area contributed by atoms with Crippen molar-refractivity contribution in [2.24, 2.45) is 0 Å². The summed E-state index contributed by atoms with van der Waals surface area (Å²) in [5.74, 6) is 1.12. The Labute approximate surface area is 197 Å². The molecule has 4 aromatic rings. The molecule has 0 N–H and O–H groups in total. The van der Waals surface area contributed by atoms with Crippen LogP contribution in [0.1, 0.15) is 34.6 Å². The standard InChI is InChI=1S/C28H24O6/c1-3-31-21-15-11-19(12-16-21)27(29)33-25-9-5-8-24-23(25)7-6-10-26(24)34-28(30)20-13-17-22(18-14-20)32-4-2/h5-18H,3-4H2,1-2H3. The Kier molecular flexibility index (Phi) is 7.08. The lowest BCUT2D eigenvalue weighted by atomic mass is 10.1. The number of rotatable bonds is 8. The van der Waals surface area contributed by atoms with E-state index in [1.54, 1.807) is 72.8 Å². The molecule has 0 unspecified atom stereocenters. The molecule has 0 amide bonds. The van der Waals surface area contributed by atoms with Gasteiger partial charge in [-0.05, 0) is 74.5 Å². The first-order chi connectivity index (χ1) is 16.6. The van der Waals surface area contributed by atoms with Crippen LogP contribution in [0, 0.1) is 0 Å². The van der Waals surface area contributed by atoms with E-state index in [-0.39, 0.29) is 0 Å². The Bertz CT molecular complexity index is 1190. The second-order valence-corrected chi connectivity index (χ2v) is 7.30. The van der Waals surface area contributed by atoms with Crippen molar-refractivity contribution in [3.8, 4) is 23.0 Å². The van der Waals surface area contributed by atoms with Crippen LogP contribution in [0.3, 0.4) is 0 Å². The van der Waals surface area contributed by atoms with Crippen LogP contribution in [-0.4, -0.2) is 25.2 Å². The van der Waals surface area contributed by atoms with Crippen LogP contribution < -0.4 is 18.9 Å². The van der Waals surface area contributed by atoms with Crippen LogP contribution in [0.15, 0.2) is 84.9 Å². The number of fused-ring (bicyclic) bond motifs is 1. The molecule has 0 saturated carbocycles. The number of hydrogen-bond acceptors (Lipinski definition) is 6. The molecule has 0 fully saturated rings. The largest absolute Gasteiger partial charge is 0.494 e. The predicted octanol–water partition coefficient (Wildman–Crippen LogP) is 6.08. The highest BCUT2D eigenvalue weighted by Crippen LogP contribution is 2.33. The zero-order valence-corrected chi connectivity index (χ0v) is 18.9. The highest BCUT2D eigenvalue weighted by molar-refractivity contribution is 5.99.